The van der Waals surface area contributed by atoms with Gasteiger partial charge in [-0.05, 0) is 54.0 Å². The average Bonchev–Trinajstić information content (AvgIpc) is 3.25. The van der Waals surface area contributed by atoms with E-state index >= 15 is 0 Å². The molecule has 0 bridgehead atoms. The highest BCUT2D eigenvalue weighted by Crippen LogP contribution is 2.38. The molecule has 2 amide bonds. The minimum Gasteiger partial charge on any atom is -0.497 e. The van der Waals surface area contributed by atoms with E-state index in [2.05, 4.69) is 18.4 Å². The Morgan fingerprint density at radius 1 is 1.17 bits per heavy atom. The fourth-order valence-corrected chi connectivity index (χ4v) is 4.90. The van der Waals surface area contributed by atoms with Crippen LogP contribution in [-0.2, 0) is 16.0 Å². The molecule has 0 saturated heterocycles. The Hall–Kier alpha value is -2.34. The van der Waals surface area contributed by atoms with Gasteiger partial charge in [0.15, 0.2) is 0 Å². The van der Waals surface area contributed by atoms with Crippen LogP contribution in [0.15, 0.2) is 35.7 Å². The van der Waals surface area contributed by atoms with Crippen LogP contribution >= 0.6 is 11.3 Å². The second kappa shape index (κ2) is 10.6. The number of hydrogen-bond acceptors (Lipinski definition) is 4. The second-order valence-electron chi connectivity index (χ2n) is 7.73. The van der Waals surface area contributed by atoms with Crippen molar-refractivity contribution < 1.29 is 14.3 Å². The summed E-state index contributed by atoms with van der Waals surface area (Å²) in [6, 6.07) is 9.97. The highest BCUT2D eigenvalue weighted by molar-refractivity contribution is 7.10. The van der Waals surface area contributed by atoms with Crippen molar-refractivity contribution in [1.29, 1.82) is 0 Å². The maximum Gasteiger partial charge on any atom is 0.242 e. The smallest absolute Gasteiger partial charge is 0.242 e. The van der Waals surface area contributed by atoms with E-state index < -0.39 is 0 Å². The third kappa shape index (κ3) is 5.04. The summed E-state index contributed by atoms with van der Waals surface area (Å²) in [7, 11) is 1.65. The molecule has 2 aromatic rings. The first-order chi connectivity index (χ1) is 14.6. The molecule has 0 unspecified atom stereocenters. The van der Waals surface area contributed by atoms with Gasteiger partial charge in [0.2, 0.25) is 11.8 Å². The van der Waals surface area contributed by atoms with Crippen LogP contribution in [0, 0.1) is 0 Å². The van der Waals surface area contributed by atoms with Gasteiger partial charge >= 0.3 is 0 Å². The molecule has 1 aromatic carbocycles. The van der Waals surface area contributed by atoms with E-state index in [1.165, 1.54) is 10.4 Å². The molecule has 0 spiro atoms. The van der Waals surface area contributed by atoms with Crippen LogP contribution in [0.1, 0.15) is 61.6 Å². The Morgan fingerprint density at radius 2 is 1.93 bits per heavy atom. The topological polar surface area (TPSA) is 49.9 Å². The van der Waals surface area contributed by atoms with Crippen LogP contribution in [0.4, 0.5) is 0 Å². The normalized spacial score (nSPS) is 15.6. The average molecular weight is 429 g/mol. The molecule has 5 nitrogen and oxygen atoms in total. The number of carbonyl (C=O) groups excluding carboxylic acids is 2. The molecule has 0 aliphatic carbocycles. The SMILES string of the molecule is CCCCN(CC(=O)N1CCc2sccc2[C@H]1c1ccc(OC)cc1)C(=O)CCC. The Kier molecular flexibility index (Phi) is 7.91. The van der Waals surface area contributed by atoms with Crippen LogP contribution in [0.25, 0.3) is 0 Å². The monoisotopic (exact) mass is 428 g/mol. The number of fused-ring (bicyclic) bond motifs is 1. The molecule has 1 aromatic heterocycles. The van der Waals surface area contributed by atoms with Crippen molar-refractivity contribution >= 4 is 23.2 Å². The van der Waals surface area contributed by atoms with Gasteiger partial charge in [-0.25, -0.2) is 0 Å². The van der Waals surface area contributed by atoms with Crippen LogP contribution < -0.4 is 4.74 Å². The minimum atomic E-state index is -0.118. The third-order valence-corrected chi connectivity index (χ3v) is 6.64. The lowest BCUT2D eigenvalue weighted by atomic mass is 9.93. The Morgan fingerprint density at radius 3 is 2.60 bits per heavy atom. The summed E-state index contributed by atoms with van der Waals surface area (Å²) in [6.45, 7) is 5.58. The number of hydrogen-bond donors (Lipinski definition) is 0. The molecule has 1 aliphatic rings. The number of unbranched alkanes of at least 4 members (excludes halogenated alkanes) is 1. The highest BCUT2D eigenvalue weighted by atomic mass is 32.1. The van der Waals surface area contributed by atoms with Crippen LogP contribution in [0.5, 0.6) is 5.75 Å². The molecule has 0 fully saturated rings. The van der Waals surface area contributed by atoms with E-state index in [9.17, 15) is 9.59 Å². The number of rotatable bonds is 9. The lowest BCUT2D eigenvalue weighted by Gasteiger charge is -2.37. The van der Waals surface area contributed by atoms with Crippen molar-refractivity contribution in [3.8, 4) is 5.75 Å². The fourth-order valence-electron chi connectivity index (χ4n) is 4.00. The third-order valence-electron chi connectivity index (χ3n) is 5.64. The van der Waals surface area contributed by atoms with Gasteiger partial charge in [0.05, 0.1) is 19.7 Å². The van der Waals surface area contributed by atoms with Crippen LogP contribution in [0.2, 0.25) is 0 Å². The Bertz CT molecular complexity index is 846. The number of methoxy groups -OCH3 is 1. The zero-order chi connectivity index (χ0) is 21.5. The van der Waals surface area contributed by atoms with Crippen LogP contribution in [0.3, 0.4) is 0 Å². The lowest BCUT2D eigenvalue weighted by Crippen LogP contribution is -2.47. The molecular formula is C24H32N2O3S. The molecule has 162 valence electrons. The number of carbonyl (C=O) groups is 2. The van der Waals surface area contributed by atoms with Gasteiger partial charge in [-0.2, -0.15) is 0 Å². The first kappa shape index (κ1) is 22.3. The Balaban J connectivity index is 1.85. The van der Waals surface area contributed by atoms with E-state index in [0.29, 0.717) is 19.5 Å². The summed E-state index contributed by atoms with van der Waals surface area (Å²) in [6.07, 6.45) is 4.07. The molecule has 0 radical (unpaired) electrons. The summed E-state index contributed by atoms with van der Waals surface area (Å²) >= 11 is 1.75. The number of benzene rings is 1. The standard InChI is InChI=1S/C24H32N2O3S/c1-4-6-14-25(22(27)7-5-2)17-23(28)26-15-12-21-20(13-16-30-21)24(26)18-8-10-19(29-3)11-9-18/h8-11,13,16,24H,4-7,12,14-15,17H2,1-3H3/t24-/m1/s1. The molecule has 1 aliphatic heterocycles. The number of amides is 2. The molecule has 2 heterocycles. The predicted molar refractivity (Wildman–Crippen MR) is 121 cm³/mol. The van der Waals surface area contributed by atoms with Gasteiger partial charge in [-0.3, -0.25) is 9.59 Å². The fraction of sp³-hybridized carbons (Fsp3) is 0.500. The van der Waals surface area contributed by atoms with Crippen molar-refractivity contribution in [3.05, 3.63) is 51.7 Å². The van der Waals surface area contributed by atoms with Crippen molar-refractivity contribution in [2.24, 2.45) is 0 Å². The minimum absolute atomic E-state index is 0.0215. The molecule has 30 heavy (non-hydrogen) atoms. The number of thiophene rings is 1. The summed E-state index contributed by atoms with van der Waals surface area (Å²) in [5.41, 5.74) is 2.27. The van der Waals surface area contributed by atoms with Crippen LogP contribution in [-0.4, -0.2) is 48.4 Å². The maximum atomic E-state index is 13.4. The summed E-state index contributed by atoms with van der Waals surface area (Å²) in [5.74, 6) is 0.899. The summed E-state index contributed by atoms with van der Waals surface area (Å²) in [5, 5.41) is 2.10. The first-order valence-corrected chi connectivity index (χ1v) is 11.7. The van der Waals surface area contributed by atoms with Gasteiger partial charge in [-0.1, -0.05) is 32.4 Å². The van der Waals surface area contributed by atoms with E-state index in [-0.39, 0.29) is 24.4 Å². The summed E-state index contributed by atoms with van der Waals surface area (Å²) in [4.78, 5) is 31.1. The highest BCUT2D eigenvalue weighted by Gasteiger charge is 2.33. The summed E-state index contributed by atoms with van der Waals surface area (Å²) < 4.78 is 5.30. The van der Waals surface area contributed by atoms with Gasteiger partial charge in [-0.15, -0.1) is 11.3 Å². The molecule has 0 N–H and O–H groups in total. The molecule has 0 saturated carbocycles. The quantitative estimate of drug-likeness (QED) is 0.584. The van der Waals surface area contributed by atoms with E-state index in [1.807, 2.05) is 36.1 Å². The zero-order valence-electron chi connectivity index (χ0n) is 18.2. The van der Waals surface area contributed by atoms with Gasteiger partial charge in [0, 0.05) is 24.4 Å². The van der Waals surface area contributed by atoms with Crippen molar-refractivity contribution in [2.45, 2.75) is 52.0 Å². The largest absolute Gasteiger partial charge is 0.497 e. The van der Waals surface area contributed by atoms with Gasteiger partial charge in [0.25, 0.3) is 0 Å². The molecule has 6 heteroatoms. The van der Waals surface area contributed by atoms with E-state index in [0.717, 1.165) is 37.0 Å². The van der Waals surface area contributed by atoms with Crippen molar-refractivity contribution in [1.82, 2.24) is 9.80 Å². The Labute approximate surface area is 183 Å². The second-order valence-corrected chi connectivity index (χ2v) is 8.73. The van der Waals surface area contributed by atoms with Crippen molar-refractivity contribution in [2.75, 3.05) is 26.7 Å². The van der Waals surface area contributed by atoms with E-state index in [4.69, 9.17) is 4.74 Å². The predicted octanol–water partition coefficient (Wildman–Crippen LogP) is 4.66. The maximum absolute atomic E-state index is 13.4. The van der Waals surface area contributed by atoms with Crippen molar-refractivity contribution in [3.63, 3.8) is 0 Å². The van der Waals surface area contributed by atoms with E-state index in [1.54, 1.807) is 23.3 Å². The molecule has 1 atom stereocenters. The lowest BCUT2D eigenvalue weighted by molar-refractivity contribution is -0.141. The first-order valence-electron chi connectivity index (χ1n) is 10.9. The number of nitrogens with zero attached hydrogens (tertiary/aromatic N) is 2. The zero-order valence-corrected chi connectivity index (χ0v) is 19.0. The molecular weight excluding hydrogens is 396 g/mol. The van der Waals surface area contributed by atoms with Gasteiger partial charge < -0.3 is 14.5 Å². The molecule has 3 rings (SSSR count). The van der Waals surface area contributed by atoms with Gasteiger partial charge in [0.1, 0.15) is 5.75 Å². The number of ether oxygens (including phenoxy) is 1.